The highest BCUT2D eigenvalue weighted by Crippen LogP contribution is 2.28. The fraction of sp³-hybridized carbons (Fsp3) is 0.182. The highest BCUT2D eigenvalue weighted by molar-refractivity contribution is 6.32. The van der Waals surface area contributed by atoms with Gasteiger partial charge in [-0.25, -0.2) is 0 Å². The Balaban J connectivity index is 2.55. The SMILES string of the molecule is O=CC1=Cc2c(Cl)cccc2CC1. The predicted molar refractivity (Wildman–Crippen MR) is 53.8 cm³/mol. The van der Waals surface area contributed by atoms with Gasteiger partial charge in [-0.3, -0.25) is 4.79 Å². The lowest BCUT2D eigenvalue weighted by atomic mass is 9.93. The zero-order valence-electron chi connectivity index (χ0n) is 7.09. The predicted octanol–water partition coefficient (Wildman–Crippen LogP) is 2.87. The largest absolute Gasteiger partial charge is 0.298 e. The number of hydrogen-bond donors (Lipinski definition) is 0. The molecule has 1 aliphatic carbocycles. The van der Waals surface area contributed by atoms with Crippen molar-refractivity contribution in [3.63, 3.8) is 0 Å². The third-order valence-corrected chi connectivity index (χ3v) is 2.64. The van der Waals surface area contributed by atoms with Crippen LogP contribution >= 0.6 is 11.6 Å². The molecule has 2 heteroatoms. The second-order valence-corrected chi connectivity index (χ2v) is 3.56. The lowest BCUT2D eigenvalue weighted by molar-refractivity contribution is -0.105. The molecule has 0 atom stereocenters. The van der Waals surface area contributed by atoms with Crippen LogP contribution in [0.15, 0.2) is 23.8 Å². The molecule has 2 rings (SSSR count). The molecular weight excluding hydrogens is 184 g/mol. The first-order chi connectivity index (χ1) is 6.31. The first-order valence-electron chi connectivity index (χ1n) is 4.24. The summed E-state index contributed by atoms with van der Waals surface area (Å²) in [5.41, 5.74) is 3.08. The normalized spacial score (nSPS) is 14.7. The number of allylic oxidation sites excluding steroid dienone is 1. The van der Waals surface area contributed by atoms with Crippen molar-refractivity contribution in [1.29, 1.82) is 0 Å². The van der Waals surface area contributed by atoms with E-state index in [2.05, 4.69) is 6.07 Å². The summed E-state index contributed by atoms with van der Waals surface area (Å²) in [6.45, 7) is 0. The van der Waals surface area contributed by atoms with E-state index in [0.29, 0.717) is 0 Å². The van der Waals surface area contributed by atoms with Crippen molar-refractivity contribution in [2.75, 3.05) is 0 Å². The number of rotatable bonds is 1. The van der Waals surface area contributed by atoms with Crippen LogP contribution in [0, 0.1) is 0 Å². The van der Waals surface area contributed by atoms with Crippen molar-refractivity contribution >= 4 is 24.0 Å². The van der Waals surface area contributed by atoms with Crippen molar-refractivity contribution in [2.24, 2.45) is 0 Å². The second kappa shape index (κ2) is 3.35. The number of aryl methyl sites for hydroxylation is 1. The standard InChI is InChI=1S/C11H9ClO/c12-11-3-1-2-9-5-4-8(7-13)6-10(9)11/h1-3,6-7H,4-5H2. The number of halogens is 1. The lowest BCUT2D eigenvalue weighted by Crippen LogP contribution is -2.00. The summed E-state index contributed by atoms with van der Waals surface area (Å²) >= 11 is 6.00. The molecule has 0 amide bonds. The first-order valence-corrected chi connectivity index (χ1v) is 4.62. The van der Waals surface area contributed by atoms with Gasteiger partial charge in [-0.15, -0.1) is 0 Å². The molecule has 0 aromatic heterocycles. The van der Waals surface area contributed by atoms with Gasteiger partial charge in [-0.2, -0.15) is 0 Å². The quantitative estimate of drug-likeness (QED) is 0.626. The number of benzene rings is 1. The Morgan fingerprint density at radius 1 is 1.31 bits per heavy atom. The van der Waals surface area contributed by atoms with Gasteiger partial charge in [0.05, 0.1) is 0 Å². The number of carbonyl (C=O) groups is 1. The van der Waals surface area contributed by atoms with Crippen molar-refractivity contribution in [1.82, 2.24) is 0 Å². The van der Waals surface area contributed by atoms with Gasteiger partial charge >= 0.3 is 0 Å². The van der Waals surface area contributed by atoms with Gasteiger partial charge in [0.25, 0.3) is 0 Å². The maximum atomic E-state index is 10.6. The van der Waals surface area contributed by atoms with E-state index in [1.54, 1.807) is 0 Å². The van der Waals surface area contributed by atoms with Gasteiger partial charge in [0, 0.05) is 5.02 Å². The molecule has 0 fully saturated rings. The van der Waals surface area contributed by atoms with Gasteiger partial charge < -0.3 is 0 Å². The topological polar surface area (TPSA) is 17.1 Å². The number of carbonyl (C=O) groups excluding carboxylic acids is 1. The van der Waals surface area contributed by atoms with Crippen LogP contribution in [0.3, 0.4) is 0 Å². The number of fused-ring (bicyclic) bond motifs is 1. The van der Waals surface area contributed by atoms with Crippen LogP contribution in [-0.2, 0) is 11.2 Å². The Bertz CT molecular complexity index is 380. The molecule has 0 heterocycles. The molecule has 13 heavy (non-hydrogen) atoms. The van der Waals surface area contributed by atoms with Crippen molar-refractivity contribution in [2.45, 2.75) is 12.8 Å². The molecule has 1 aromatic rings. The second-order valence-electron chi connectivity index (χ2n) is 3.15. The van der Waals surface area contributed by atoms with Crippen molar-refractivity contribution in [3.8, 4) is 0 Å². The Morgan fingerprint density at radius 2 is 2.15 bits per heavy atom. The lowest BCUT2D eigenvalue weighted by Gasteiger charge is -2.13. The van der Waals surface area contributed by atoms with Gasteiger partial charge in [0.1, 0.15) is 6.29 Å². The number of aldehydes is 1. The highest BCUT2D eigenvalue weighted by atomic mass is 35.5. The molecule has 66 valence electrons. The summed E-state index contributed by atoms with van der Waals surface area (Å²) in [6.07, 6.45) is 4.54. The molecule has 1 aromatic carbocycles. The maximum Gasteiger partial charge on any atom is 0.146 e. The minimum absolute atomic E-state index is 0.733. The van der Waals surface area contributed by atoms with Gasteiger partial charge in [0.2, 0.25) is 0 Å². The molecule has 0 radical (unpaired) electrons. The molecule has 0 saturated carbocycles. The van der Waals surface area contributed by atoms with Crippen molar-refractivity contribution in [3.05, 3.63) is 39.9 Å². The maximum absolute atomic E-state index is 10.6. The van der Waals surface area contributed by atoms with Crippen LogP contribution in [0.2, 0.25) is 5.02 Å². The van der Waals surface area contributed by atoms with E-state index in [9.17, 15) is 4.79 Å². The van der Waals surface area contributed by atoms with E-state index in [0.717, 1.165) is 35.3 Å². The summed E-state index contributed by atoms with van der Waals surface area (Å²) in [5.74, 6) is 0. The molecular formula is C11H9ClO. The molecule has 0 N–H and O–H groups in total. The third-order valence-electron chi connectivity index (χ3n) is 2.31. The smallest absolute Gasteiger partial charge is 0.146 e. The van der Waals surface area contributed by atoms with Gasteiger partial charge in [-0.1, -0.05) is 23.7 Å². The van der Waals surface area contributed by atoms with Crippen LogP contribution in [-0.4, -0.2) is 6.29 Å². The molecule has 0 saturated heterocycles. The first kappa shape index (κ1) is 8.52. The fourth-order valence-corrected chi connectivity index (χ4v) is 1.84. The van der Waals surface area contributed by atoms with E-state index in [-0.39, 0.29) is 0 Å². The summed E-state index contributed by atoms with van der Waals surface area (Å²) in [4.78, 5) is 10.6. The Morgan fingerprint density at radius 3 is 2.92 bits per heavy atom. The molecule has 0 unspecified atom stereocenters. The van der Waals surface area contributed by atoms with Crippen molar-refractivity contribution < 1.29 is 4.79 Å². The molecule has 1 aliphatic rings. The van der Waals surface area contributed by atoms with Crippen LogP contribution < -0.4 is 0 Å². The summed E-state index contributed by atoms with van der Waals surface area (Å²) in [7, 11) is 0. The minimum atomic E-state index is 0.733. The Labute approximate surface area is 82.0 Å². The van der Waals surface area contributed by atoms with E-state index in [4.69, 9.17) is 11.6 Å². The molecule has 1 nitrogen and oxygen atoms in total. The summed E-state index contributed by atoms with van der Waals surface area (Å²) in [5, 5.41) is 0.733. The minimum Gasteiger partial charge on any atom is -0.298 e. The van der Waals surface area contributed by atoms with Gasteiger partial charge in [0.15, 0.2) is 0 Å². The Hall–Kier alpha value is -1.08. The summed E-state index contributed by atoms with van der Waals surface area (Å²) < 4.78 is 0. The molecule has 0 aliphatic heterocycles. The summed E-state index contributed by atoms with van der Waals surface area (Å²) in [6, 6.07) is 5.85. The van der Waals surface area contributed by atoms with Crippen LogP contribution in [0.25, 0.3) is 6.08 Å². The zero-order valence-corrected chi connectivity index (χ0v) is 7.84. The third kappa shape index (κ3) is 1.52. The molecule has 0 bridgehead atoms. The van der Waals surface area contributed by atoms with E-state index < -0.39 is 0 Å². The zero-order chi connectivity index (χ0) is 9.26. The van der Waals surface area contributed by atoms with E-state index >= 15 is 0 Å². The fourth-order valence-electron chi connectivity index (χ4n) is 1.59. The van der Waals surface area contributed by atoms with Crippen LogP contribution in [0.1, 0.15) is 17.5 Å². The Kier molecular flexibility index (Phi) is 2.19. The van der Waals surface area contributed by atoms with Crippen LogP contribution in [0.4, 0.5) is 0 Å². The highest BCUT2D eigenvalue weighted by Gasteiger charge is 2.11. The average Bonchev–Trinajstić information content (AvgIpc) is 2.18. The van der Waals surface area contributed by atoms with E-state index in [1.807, 2.05) is 18.2 Å². The average molecular weight is 193 g/mol. The van der Waals surface area contributed by atoms with Gasteiger partial charge in [-0.05, 0) is 41.7 Å². The molecule has 0 spiro atoms. The van der Waals surface area contributed by atoms with E-state index in [1.165, 1.54) is 5.56 Å². The monoisotopic (exact) mass is 192 g/mol. The van der Waals surface area contributed by atoms with Crippen LogP contribution in [0.5, 0.6) is 0 Å². The number of hydrogen-bond acceptors (Lipinski definition) is 1.